The summed E-state index contributed by atoms with van der Waals surface area (Å²) >= 11 is 0. The average Bonchev–Trinajstić information content (AvgIpc) is 2.73. The van der Waals surface area contributed by atoms with Crippen molar-refractivity contribution >= 4 is 21.6 Å². The molecule has 1 atom stereocenters. The lowest BCUT2D eigenvalue weighted by molar-refractivity contribution is -0.132. The molecule has 1 fully saturated rings. The van der Waals surface area contributed by atoms with Crippen LogP contribution in [0.25, 0.3) is 0 Å². The summed E-state index contributed by atoms with van der Waals surface area (Å²) in [4.78, 5) is 16.8. The zero-order chi connectivity index (χ0) is 21.0. The number of methoxy groups -OCH3 is 1. The molecule has 0 aromatic heterocycles. The molecule has 0 bridgehead atoms. The second kappa shape index (κ2) is 8.84. The van der Waals surface area contributed by atoms with Gasteiger partial charge in [0.05, 0.1) is 18.0 Å². The van der Waals surface area contributed by atoms with E-state index in [0.29, 0.717) is 37.5 Å². The minimum absolute atomic E-state index is 0.115. The first-order valence-corrected chi connectivity index (χ1v) is 11.1. The first-order chi connectivity index (χ1) is 13.8. The molecule has 2 aromatic rings. The van der Waals surface area contributed by atoms with Crippen LogP contribution in [0, 0.1) is 6.92 Å². The predicted molar refractivity (Wildman–Crippen MR) is 113 cm³/mol. The largest absolute Gasteiger partial charge is 0.496 e. The van der Waals surface area contributed by atoms with E-state index in [-0.39, 0.29) is 10.8 Å². The predicted octanol–water partition coefficient (Wildman–Crippen LogP) is 2.02. The molecular formula is C21H27N3O4S. The van der Waals surface area contributed by atoms with E-state index in [1.165, 1.54) is 19.2 Å². The van der Waals surface area contributed by atoms with E-state index in [0.717, 1.165) is 5.69 Å². The molecule has 0 spiro atoms. The van der Waals surface area contributed by atoms with Gasteiger partial charge in [-0.05, 0) is 49.7 Å². The highest BCUT2D eigenvalue weighted by molar-refractivity contribution is 7.89. The number of aryl methyl sites for hydroxylation is 1. The maximum atomic E-state index is 12.8. The number of sulfonamides is 1. The van der Waals surface area contributed by atoms with Gasteiger partial charge in [0.25, 0.3) is 0 Å². The molecule has 1 heterocycles. The van der Waals surface area contributed by atoms with Crippen LogP contribution >= 0.6 is 0 Å². The summed E-state index contributed by atoms with van der Waals surface area (Å²) in [5.74, 6) is 0.399. The van der Waals surface area contributed by atoms with Crippen LogP contribution in [-0.4, -0.2) is 58.6 Å². The number of benzene rings is 2. The minimum atomic E-state index is -3.81. The number of carbonyl (C=O) groups excluding carboxylic acids is 1. The number of ether oxygens (including phenoxy) is 1. The fourth-order valence-electron chi connectivity index (χ4n) is 3.47. The summed E-state index contributed by atoms with van der Waals surface area (Å²) < 4.78 is 33.1. The van der Waals surface area contributed by atoms with Crippen molar-refractivity contribution in [2.45, 2.75) is 24.8 Å². The Morgan fingerprint density at radius 3 is 2.31 bits per heavy atom. The first-order valence-electron chi connectivity index (χ1n) is 9.57. The molecule has 0 saturated carbocycles. The third-order valence-electron chi connectivity index (χ3n) is 5.09. The van der Waals surface area contributed by atoms with E-state index in [9.17, 15) is 13.2 Å². The molecule has 0 radical (unpaired) electrons. The fourth-order valence-corrected chi connectivity index (χ4v) is 4.75. The molecule has 0 unspecified atom stereocenters. The van der Waals surface area contributed by atoms with Gasteiger partial charge in [-0.25, -0.2) is 8.42 Å². The van der Waals surface area contributed by atoms with Crippen molar-refractivity contribution in [1.82, 2.24) is 9.62 Å². The van der Waals surface area contributed by atoms with E-state index in [2.05, 4.69) is 9.62 Å². The Labute approximate surface area is 172 Å². The van der Waals surface area contributed by atoms with Crippen molar-refractivity contribution in [1.29, 1.82) is 0 Å². The van der Waals surface area contributed by atoms with Crippen LogP contribution in [0.1, 0.15) is 12.5 Å². The molecule has 1 saturated heterocycles. The van der Waals surface area contributed by atoms with Crippen molar-refractivity contribution in [3.63, 3.8) is 0 Å². The number of carbonyl (C=O) groups is 1. The number of rotatable bonds is 6. The van der Waals surface area contributed by atoms with Gasteiger partial charge in [-0.1, -0.05) is 18.2 Å². The van der Waals surface area contributed by atoms with E-state index in [1.54, 1.807) is 24.8 Å². The van der Waals surface area contributed by atoms with Gasteiger partial charge >= 0.3 is 0 Å². The molecule has 1 aliphatic heterocycles. The number of anilines is 1. The normalized spacial score (nSPS) is 15.8. The van der Waals surface area contributed by atoms with Gasteiger partial charge in [-0.2, -0.15) is 4.72 Å². The van der Waals surface area contributed by atoms with Gasteiger partial charge in [-0.15, -0.1) is 0 Å². The highest BCUT2D eigenvalue weighted by Gasteiger charge is 2.28. The van der Waals surface area contributed by atoms with Crippen molar-refractivity contribution in [2.24, 2.45) is 0 Å². The van der Waals surface area contributed by atoms with Crippen molar-refractivity contribution in [3.05, 3.63) is 54.1 Å². The van der Waals surface area contributed by atoms with E-state index in [1.807, 2.05) is 30.3 Å². The monoisotopic (exact) mass is 417 g/mol. The number of piperazine rings is 1. The topological polar surface area (TPSA) is 78.9 Å². The quantitative estimate of drug-likeness (QED) is 0.778. The molecule has 8 heteroatoms. The summed E-state index contributed by atoms with van der Waals surface area (Å²) in [5.41, 5.74) is 1.84. The van der Waals surface area contributed by atoms with Crippen LogP contribution < -0.4 is 14.4 Å². The number of nitrogens with zero attached hydrogens (tertiary/aromatic N) is 2. The summed E-state index contributed by atoms with van der Waals surface area (Å²) in [5, 5.41) is 0. The van der Waals surface area contributed by atoms with Gasteiger partial charge in [0, 0.05) is 31.9 Å². The standard InChI is InChI=1S/C21H27N3O4S/c1-16-15-19(9-10-20(16)28-3)29(26,27)22-17(2)21(25)24-13-11-23(12-14-24)18-7-5-4-6-8-18/h4-10,15,17,22H,11-14H2,1-3H3/t17-/m1/s1. The Hall–Kier alpha value is -2.58. The molecule has 0 aliphatic carbocycles. The van der Waals surface area contributed by atoms with Gasteiger partial charge in [0.2, 0.25) is 15.9 Å². The van der Waals surface area contributed by atoms with Crippen LogP contribution in [-0.2, 0) is 14.8 Å². The molecule has 1 N–H and O–H groups in total. The summed E-state index contributed by atoms with van der Waals surface area (Å²) in [6.07, 6.45) is 0. The number of hydrogen-bond acceptors (Lipinski definition) is 5. The van der Waals surface area contributed by atoms with E-state index < -0.39 is 16.1 Å². The smallest absolute Gasteiger partial charge is 0.241 e. The van der Waals surface area contributed by atoms with Gasteiger partial charge in [-0.3, -0.25) is 4.79 Å². The number of para-hydroxylation sites is 1. The van der Waals surface area contributed by atoms with Crippen LogP contribution in [0.15, 0.2) is 53.4 Å². The Morgan fingerprint density at radius 2 is 1.72 bits per heavy atom. The zero-order valence-corrected chi connectivity index (χ0v) is 17.8. The molecular weight excluding hydrogens is 390 g/mol. The third kappa shape index (κ3) is 4.89. The highest BCUT2D eigenvalue weighted by atomic mass is 32.2. The third-order valence-corrected chi connectivity index (χ3v) is 6.63. The molecule has 156 valence electrons. The maximum Gasteiger partial charge on any atom is 0.241 e. The highest BCUT2D eigenvalue weighted by Crippen LogP contribution is 2.22. The van der Waals surface area contributed by atoms with Gasteiger partial charge in [0.1, 0.15) is 5.75 Å². The number of amides is 1. The van der Waals surface area contributed by atoms with Crippen LogP contribution in [0.4, 0.5) is 5.69 Å². The van der Waals surface area contributed by atoms with Crippen LogP contribution in [0.3, 0.4) is 0 Å². The Bertz CT molecular complexity index is 955. The zero-order valence-electron chi connectivity index (χ0n) is 17.0. The average molecular weight is 418 g/mol. The molecule has 3 rings (SSSR count). The summed E-state index contributed by atoms with van der Waals surface area (Å²) in [7, 11) is -2.27. The number of hydrogen-bond donors (Lipinski definition) is 1. The lowest BCUT2D eigenvalue weighted by Crippen LogP contribution is -2.54. The van der Waals surface area contributed by atoms with E-state index in [4.69, 9.17) is 4.74 Å². The van der Waals surface area contributed by atoms with Crippen LogP contribution in [0.5, 0.6) is 5.75 Å². The summed E-state index contributed by atoms with van der Waals surface area (Å²) in [6, 6.07) is 13.8. The summed E-state index contributed by atoms with van der Waals surface area (Å²) in [6.45, 7) is 5.90. The van der Waals surface area contributed by atoms with Crippen molar-refractivity contribution in [3.8, 4) is 5.75 Å². The maximum absolute atomic E-state index is 12.8. The minimum Gasteiger partial charge on any atom is -0.496 e. The molecule has 1 aliphatic rings. The second-order valence-electron chi connectivity index (χ2n) is 7.12. The van der Waals surface area contributed by atoms with Crippen molar-refractivity contribution < 1.29 is 17.9 Å². The number of nitrogens with one attached hydrogen (secondary N) is 1. The van der Waals surface area contributed by atoms with E-state index >= 15 is 0 Å². The lowest BCUT2D eigenvalue weighted by Gasteiger charge is -2.37. The Kier molecular flexibility index (Phi) is 6.44. The Morgan fingerprint density at radius 1 is 1.07 bits per heavy atom. The van der Waals surface area contributed by atoms with Gasteiger partial charge < -0.3 is 14.5 Å². The molecule has 29 heavy (non-hydrogen) atoms. The molecule has 1 amide bonds. The second-order valence-corrected chi connectivity index (χ2v) is 8.84. The van der Waals surface area contributed by atoms with Gasteiger partial charge in [0.15, 0.2) is 0 Å². The fraction of sp³-hybridized carbons (Fsp3) is 0.381. The molecule has 2 aromatic carbocycles. The first kappa shape index (κ1) is 21.1. The SMILES string of the molecule is COc1ccc(S(=O)(=O)N[C@H](C)C(=O)N2CCN(c3ccccc3)CC2)cc1C. The lowest BCUT2D eigenvalue weighted by atomic mass is 10.2. The van der Waals surface area contributed by atoms with Crippen LogP contribution in [0.2, 0.25) is 0 Å². The molecule has 7 nitrogen and oxygen atoms in total. The Balaban J connectivity index is 1.61. The van der Waals surface area contributed by atoms with Crippen molar-refractivity contribution in [2.75, 3.05) is 38.2 Å².